The molecule has 0 unspecified atom stereocenters. The number of primary amides is 1. The first-order valence-corrected chi connectivity index (χ1v) is 7.29. The van der Waals surface area contributed by atoms with E-state index in [1.165, 1.54) is 17.9 Å². The van der Waals surface area contributed by atoms with Gasteiger partial charge in [-0.25, -0.2) is 4.98 Å². The molecule has 1 aromatic carbocycles. The molecule has 0 spiro atoms. The molecule has 1 amide bonds. The molecule has 8 nitrogen and oxygen atoms in total. The van der Waals surface area contributed by atoms with Crippen LogP contribution in [-0.2, 0) is 7.05 Å². The van der Waals surface area contributed by atoms with Gasteiger partial charge in [0.2, 0.25) is 0 Å². The van der Waals surface area contributed by atoms with Crippen LogP contribution >= 0.6 is 11.6 Å². The van der Waals surface area contributed by atoms with Crippen molar-refractivity contribution in [2.75, 3.05) is 12.4 Å². The maximum absolute atomic E-state index is 12.3. The first kappa shape index (κ1) is 15.9. The molecule has 0 atom stereocenters. The van der Waals surface area contributed by atoms with Crippen LogP contribution in [0.3, 0.4) is 0 Å². The lowest BCUT2D eigenvalue weighted by Crippen LogP contribution is -2.14. The summed E-state index contributed by atoms with van der Waals surface area (Å²) in [7, 11) is 3.01. The fraction of sp³-hybridized carbons (Fsp3) is 0.133. The number of aromatic nitrogens is 3. The summed E-state index contributed by atoms with van der Waals surface area (Å²) in [6.45, 7) is 0. The lowest BCUT2D eigenvalue weighted by atomic mass is 10.1. The highest BCUT2D eigenvalue weighted by Gasteiger charge is 2.17. The van der Waals surface area contributed by atoms with Crippen molar-refractivity contribution in [3.8, 4) is 5.75 Å². The highest BCUT2D eigenvalue weighted by Crippen LogP contribution is 2.33. The number of nitrogens with zero attached hydrogens (tertiary/aromatic N) is 2. The molecule has 0 radical (unpaired) electrons. The average Bonchev–Trinajstić information content (AvgIpc) is 2.81. The molecule has 0 saturated carbocycles. The molecular weight excluding hydrogens is 334 g/mol. The number of H-pyrrole nitrogens is 1. The van der Waals surface area contributed by atoms with Crippen molar-refractivity contribution < 1.29 is 9.53 Å². The maximum Gasteiger partial charge on any atom is 0.277 e. The Morgan fingerprint density at radius 1 is 1.42 bits per heavy atom. The second-order valence-corrected chi connectivity index (χ2v) is 5.46. The molecule has 0 aliphatic carbocycles. The smallest absolute Gasteiger partial charge is 0.277 e. The van der Waals surface area contributed by atoms with Gasteiger partial charge < -0.3 is 15.8 Å². The third kappa shape index (κ3) is 2.56. The molecule has 9 heteroatoms. The van der Waals surface area contributed by atoms with E-state index in [0.29, 0.717) is 22.4 Å². The Morgan fingerprint density at radius 3 is 2.83 bits per heavy atom. The number of amides is 1. The fourth-order valence-electron chi connectivity index (χ4n) is 2.48. The van der Waals surface area contributed by atoms with E-state index in [2.05, 4.69) is 15.4 Å². The van der Waals surface area contributed by atoms with Gasteiger partial charge in [-0.1, -0.05) is 17.7 Å². The number of pyridine rings is 1. The summed E-state index contributed by atoms with van der Waals surface area (Å²) in [5.74, 6) is -0.343. The second-order valence-electron chi connectivity index (χ2n) is 5.07. The lowest BCUT2D eigenvalue weighted by Gasteiger charge is -2.14. The van der Waals surface area contributed by atoms with Gasteiger partial charge in [0, 0.05) is 7.05 Å². The SMILES string of the molecule is COc1c(Nc2cc(Cl)nc3[nH]n(C)c(=O)c23)cccc1C(N)=O. The number of ether oxygens (including phenoxy) is 1. The third-order valence-corrected chi connectivity index (χ3v) is 3.73. The Kier molecular flexibility index (Phi) is 3.90. The molecular formula is C15H14ClN5O3. The number of carbonyl (C=O) groups is 1. The maximum atomic E-state index is 12.3. The van der Waals surface area contributed by atoms with Crippen LogP contribution in [0.25, 0.3) is 11.0 Å². The fourth-order valence-corrected chi connectivity index (χ4v) is 2.68. The van der Waals surface area contributed by atoms with Gasteiger partial charge in [0.05, 0.1) is 24.0 Å². The van der Waals surface area contributed by atoms with Crippen molar-refractivity contribution in [3.63, 3.8) is 0 Å². The first-order chi connectivity index (χ1) is 11.4. The number of anilines is 2. The second kappa shape index (κ2) is 5.89. The Hall–Kier alpha value is -3.00. The van der Waals surface area contributed by atoms with Crippen LogP contribution < -0.4 is 21.3 Å². The number of methoxy groups -OCH3 is 1. The number of fused-ring (bicyclic) bond motifs is 1. The van der Waals surface area contributed by atoms with Crippen LogP contribution in [0.5, 0.6) is 5.75 Å². The molecule has 24 heavy (non-hydrogen) atoms. The first-order valence-electron chi connectivity index (χ1n) is 6.91. The molecule has 124 valence electrons. The van der Waals surface area contributed by atoms with E-state index in [0.717, 1.165) is 0 Å². The zero-order valence-electron chi connectivity index (χ0n) is 12.9. The van der Waals surface area contributed by atoms with E-state index in [1.807, 2.05) is 0 Å². The van der Waals surface area contributed by atoms with Crippen LogP contribution in [0, 0.1) is 0 Å². The summed E-state index contributed by atoms with van der Waals surface area (Å²) < 4.78 is 6.59. The molecule has 3 aromatic rings. The summed E-state index contributed by atoms with van der Waals surface area (Å²) in [4.78, 5) is 27.9. The van der Waals surface area contributed by atoms with Gasteiger partial charge in [0.1, 0.15) is 10.5 Å². The number of nitrogens with one attached hydrogen (secondary N) is 2. The van der Waals surface area contributed by atoms with E-state index in [-0.39, 0.29) is 22.0 Å². The van der Waals surface area contributed by atoms with E-state index in [9.17, 15) is 9.59 Å². The predicted octanol–water partition coefficient (Wildman–Crippen LogP) is 1.77. The number of para-hydroxylation sites is 1. The standard InChI is InChI=1S/C15H14ClN5O3/c1-21-15(23)11-9(6-10(16)19-14(11)20-21)18-8-5-3-4-7(13(17)22)12(8)24-2/h3-6H,1-2H3,(H2,17,22)(H2,18,19,20). The van der Waals surface area contributed by atoms with Crippen molar-refractivity contribution >= 4 is 39.9 Å². The Morgan fingerprint density at radius 2 is 2.17 bits per heavy atom. The number of aryl methyl sites for hydroxylation is 1. The van der Waals surface area contributed by atoms with Gasteiger partial charge >= 0.3 is 0 Å². The van der Waals surface area contributed by atoms with Crippen LogP contribution in [0.2, 0.25) is 5.15 Å². The molecule has 0 aliphatic heterocycles. The number of benzene rings is 1. The molecule has 0 aliphatic rings. The van der Waals surface area contributed by atoms with Gasteiger partial charge in [-0.15, -0.1) is 0 Å². The number of hydrogen-bond acceptors (Lipinski definition) is 5. The van der Waals surface area contributed by atoms with Gasteiger partial charge in [0.15, 0.2) is 11.4 Å². The number of aromatic amines is 1. The molecule has 2 aromatic heterocycles. The molecule has 0 saturated heterocycles. The van der Waals surface area contributed by atoms with Crippen LogP contribution in [0.15, 0.2) is 29.1 Å². The van der Waals surface area contributed by atoms with Crippen molar-refractivity contribution in [3.05, 3.63) is 45.3 Å². The van der Waals surface area contributed by atoms with Crippen molar-refractivity contribution in [2.45, 2.75) is 0 Å². The number of rotatable bonds is 4. The minimum Gasteiger partial charge on any atom is -0.494 e. The van der Waals surface area contributed by atoms with Gasteiger partial charge in [-0.2, -0.15) is 0 Å². The average molecular weight is 348 g/mol. The predicted molar refractivity (Wildman–Crippen MR) is 91.1 cm³/mol. The van der Waals surface area contributed by atoms with E-state index >= 15 is 0 Å². The topological polar surface area (TPSA) is 115 Å². The summed E-state index contributed by atoms with van der Waals surface area (Å²) in [6, 6.07) is 6.43. The monoisotopic (exact) mass is 347 g/mol. The third-order valence-electron chi connectivity index (χ3n) is 3.53. The Labute approximate surface area is 141 Å². The van der Waals surface area contributed by atoms with Gasteiger partial charge in [-0.3, -0.25) is 19.4 Å². The summed E-state index contributed by atoms with van der Waals surface area (Å²) in [5, 5.41) is 6.43. The van der Waals surface area contributed by atoms with Crippen LogP contribution in [0.4, 0.5) is 11.4 Å². The number of nitrogens with two attached hydrogens (primary N) is 1. The van der Waals surface area contributed by atoms with E-state index in [1.54, 1.807) is 25.2 Å². The van der Waals surface area contributed by atoms with Crippen molar-refractivity contribution in [1.29, 1.82) is 0 Å². The zero-order chi connectivity index (χ0) is 17.4. The molecule has 0 bridgehead atoms. The highest BCUT2D eigenvalue weighted by molar-refractivity contribution is 6.30. The van der Waals surface area contributed by atoms with E-state index in [4.69, 9.17) is 22.1 Å². The van der Waals surface area contributed by atoms with Gasteiger partial charge in [-0.05, 0) is 18.2 Å². The van der Waals surface area contributed by atoms with Crippen molar-refractivity contribution in [1.82, 2.24) is 14.8 Å². The van der Waals surface area contributed by atoms with Crippen molar-refractivity contribution in [2.24, 2.45) is 12.8 Å². The van der Waals surface area contributed by atoms with Crippen LogP contribution in [0.1, 0.15) is 10.4 Å². The van der Waals surface area contributed by atoms with Gasteiger partial charge in [0.25, 0.3) is 11.5 Å². The quantitative estimate of drug-likeness (QED) is 0.622. The number of hydrogen-bond donors (Lipinski definition) is 3. The minimum absolute atomic E-state index is 0.205. The Balaban J connectivity index is 2.19. The van der Waals surface area contributed by atoms with E-state index < -0.39 is 5.91 Å². The Bertz CT molecular complexity index is 1010. The number of halogens is 1. The minimum atomic E-state index is -0.619. The largest absolute Gasteiger partial charge is 0.494 e. The normalized spacial score (nSPS) is 10.8. The number of carbonyl (C=O) groups excluding carboxylic acids is 1. The highest BCUT2D eigenvalue weighted by atomic mass is 35.5. The molecule has 3 rings (SSSR count). The summed E-state index contributed by atoms with van der Waals surface area (Å²) in [5.41, 5.74) is 6.58. The molecule has 2 heterocycles. The summed E-state index contributed by atoms with van der Waals surface area (Å²) >= 11 is 6.02. The van der Waals surface area contributed by atoms with Crippen LogP contribution in [-0.4, -0.2) is 27.8 Å². The zero-order valence-corrected chi connectivity index (χ0v) is 13.6. The molecule has 0 fully saturated rings. The lowest BCUT2D eigenvalue weighted by molar-refractivity contribution is 0.0997. The summed E-state index contributed by atoms with van der Waals surface area (Å²) in [6.07, 6.45) is 0. The molecule has 4 N–H and O–H groups in total.